The number of amides is 2. The lowest BCUT2D eigenvalue weighted by Gasteiger charge is -2.16. The van der Waals surface area contributed by atoms with E-state index in [1.165, 1.54) is 0 Å². The average molecular weight is 278 g/mol. The largest absolute Gasteiger partial charge is 0.479 e. The summed E-state index contributed by atoms with van der Waals surface area (Å²) in [6, 6.07) is 7.03. The molecule has 2 atom stereocenters. The summed E-state index contributed by atoms with van der Waals surface area (Å²) in [5.41, 5.74) is 0.535. The topological polar surface area (TPSA) is 87.7 Å². The lowest BCUT2D eigenvalue weighted by atomic mass is 10.1. The normalized spacial score (nSPS) is 19.3. The van der Waals surface area contributed by atoms with Crippen molar-refractivity contribution in [2.45, 2.75) is 25.0 Å². The maximum Gasteiger partial charge on any atom is 0.330 e. The van der Waals surface area contributed by atoms with E-state index in [0.29, 0.717) is 12.1 Å². The van der Waals surface area contributed by atoms with Crippen LogP contribution in [0.5, 0.6) is 0 Å². The van der Waals surface area contributed by atoms with Crippen molar-refractivity contribution in [3.8, 4) is 0 Å². The molecule has 6 nitrogen and oxygen atoms in total. The first-order valence-electron chi connectivity index (χ1n) is 6.60. The Kier molecular flexibility index (Phi) is 4.95. The molecule has 1 aliphatic heterocycles. The molecule has 1 saturated heterocycles. The van der Waals surface area contributed by atoms with Gasteiger partial charge in [0.2, 0.25) is 0 Å². The number of carbonyl (C=O) groups excluding carboxylic acids is 1. The van der Waals surface area contributed by atoms with Gasteiger partial charge in [0.15, 0.2) is 6.04 Å². The van der Waals surface area contributed by atoms with Crippen molar-refractivity contribution in [1.82, 2.24) is 10.6 Å². The Balaban J connectivity index is 1.87. The summed E-state index contributed by atoms with van der Waals surface area (Å²) >= 11 is 0. The molecule has 0 aliphatic carbocycles. The summed E-state index contributed by atoms with van der Waals surface area (Å²) in [6.45, 7) is 1.11. The molecule has 0 spiro atoms. The second-order valence-corrected chi connectivity index (χ2v) is 4.67. The smallest absolute Gasteiger partial charge is 0.330 e. The number of hydrogen-bond acceptors (Lipinski definition) is 3. The standard InChI is InChI=1S/C14H18N2O4/c17-13(18)12(10-5-2-1-3-6-10)16-14(19)15-9-11-7-4-8-20-11/h1-3,5-6,11-12H,4,7-9H2,(H,17,18)(H2,15,16,19)/t11?,12-/m0/s1. The van der Waals surface area contributed by atoms with E-state index in [4.69, 9.17) is 4.74 Å². The molecule has 2 amide bonds. The van der Waals surface area contributed by atoms with Gasteiger partial charge >= 0.3 is 12.0 Å². The van der Waals surface area contributed by atoms with E-state index in [1.807, 2.05) is 0 Å². The lowest BCUT2D eigenvalue weighted by Crippen LogP contribution is -2.43. The van der Waals surface area contributed by atoms with Crippen LogP contribution in [0.3, 0.4) is 0 Å². The fourth-order valence-corrected chi connectivity index (χ4v) is 2.13. The van der Waals surface area contributed by atoms with Crippen molar-refractivity contribution in [3.05, 3.63) is 35.9 Å². The third-order valence-corrected chi connectivity index (χ3v) is 3.17. The maximum atomic E-state index is 11.7. The van der Waals surface area contributed by atoms with E-state index in [-0.39, 0.29) is 6.10 Å². The molecular formula is C14H18N2O4. The van der Waals surface area contributed by atoms with Gasteiger partial charge in [0.05, 0.1) is 6.10 Å². The predicted octanol–water partition coefficient (Wildman–Crippen LogP) is 1.29. The van der Waals surface area contributed by atoms with Crippen LogP contribution in [0, 0.1) is 0 Å². The third-order valence-electron chi connectivity index (χ3n) is 3.17. The third kappa shape index (κ3) is 3.96. The van der Waals surface area contributed by atoms with E-state index in [9.17, 15) is 14.7 Å². The summed E-state index contributed by atoms with van der Waals surface area (Å²) in [5.74, 6) is -1.09. The molecule has 0 bridgehead atoms. The Labute approximate surface area is 117 Å². The molecule has 20 heavy (non-hydrogen) atoms. The molecule has 1 aliphatic rings. The van der Waals surface area contributed by atoms with Crippen molar-refractivity contribution in [1.29, 1.82) is 0 Å². The Morgan fingerprint density at radius 3 is 2.70 bits per heavy atom. The zero-order chi connectivity index (χ0) is 14.4. The Morgan fingerprint density at radius 1 is 1.35 bits per heavy atom. The van der Waals surface area contributed by atoms with Crippen molar-refractivity contribution >= 4 is 12.0 Å². The van der Waals surface area contributed by atoms with Gasteiger partial charge in [0.1, 0.15) is 0 Å². The molecule has 1 unspecified atom stereocenters. The SMILES string of the molecule is O=C(NCC1CCCO1)N[C@H](C(=O)O)c1ccccc1. The monoisotopic (exact) mass is 278 g/mol. The molecule has 1 aromatic carbocycles. The van der Waals surface area contributed by atoms with E-state index in [0.717, 1.165) is 19.4 Å². The van der Waals surface area contributed by atoms with Crippen molar-refractivity contribution in [2.24, 2.45) is 0 Å². The molecule has 6 heteroatoms. The van der Waals surface area contributed by atoms with Crippen LogP contribution in [0.25, 0.3) is 0 Å². The van der Waals surface area contributed by atoms with Crippen LogP contribution < -0.4 is 10.6 Å². The number of carboxylic acids is 1. The molecular weight excluding hydrogens is 260 g/mol. The number of nitrogens with one attached hydrogen (secondary N) is 2. The van der Waals surface area contributed by atoms with Crippen LogP contribution in [-0.4, -0.2) is 36.4 Å². The summed E-state index contributed by atoms with van der Waals surface area (Å²) in [7, 11) is 0. The summed E-state index contributed by atoms with van der Waals surface area (Å²) in [6.07, 6.45) is 1.94. The maximum absolute atomic E-state index is 11.7. The van der Waals surface area contributed by atoms with E-state index >= 15 is 0 Å². The molecule has 1 fully saturated rings. The van der Waals surface area contributed by atoms with Gasteiger partial charge in [-0.1, -0.05) is 30.3 Å². The van der Waals surface area contributed by atoms with Crippen LogP contribution in [0.15, 0.2) is 30.3 Å². The zero-order valence-electron chi connectivity index (χ0n) is 11.0. The van der Waals surface area contributed by atoms with Gasteiger partial charge in [-0.2, -0.15) is 0 Å². The molecule has 0 aromatic heterocycles. The fraction of sp³-hybridized carbons (Fsp3) is 0.429. The quantitative estimate of drug-likeness (QED) is 0.757. The summed E-state index contributed by atoms with van der Waals surface area (Å²) in [5, 5.41) is 14.3. The van der Waals surface area contributed by atoms with Gasteiger partial charge in [0.25, 0.3) is 0 Å². The number of urea groups is 1. The molecule has 0 saturated carbocycles. The first-order chi connectivity index (χ1) is 9.66. The first kappa shape index (κ1) is 14.3. The minimum absolute atomic E-state index is 0.0285. The molecule has 2 rings (SSSR count). The highest BCUT2D eigenvalue weighted by Gasteiger charge is 2.22. The molecule has 0 radical (unpaired) electrons. The minimum atomic E-state index is -1.09. The highest BCUT2D eigenvalue weighted by molar-refractivity contribution is 5.83. The van der Waals surface area contributed by atoms with Crippen molar-refractivity contribution in [3.63, 3.8) is 0 Å². The second kappa shape index (κ2) is 6.91. The molecule has 1 heterocycles. The van der Waals surface area contributed by atoms with E-state index in [1.54, 1.807) is 30.3 Å². The highest BCUT2D eigenvalue weighted by atomic mass is 16.5. The number of rotatable bonds is 5. The molecule has 3 N–H and O–H groups in total. The first-order valence-corrected chi connectivity index (χ1v) is 6.60. The number of hydrogen-bond donors (Lipinski definition) is 3. The number of ether oxygens (including phenoxy) is 1. The van der Waals surface area contributed by atoms with Gasteiger partial charge in [-0.15, -0.1) is 0 Å². The number of carbonyl (C=O) groups is 2. The van der Waals surface area contributed by atoms with Gasteiger partial charge in [-0.3, -0.25) is 0 Å². The average Bonchev–Trinajstić information content (AvgIpc) is 2.96. The number of carboxylic acid groups (broad SMARTS) is 1. The van der Waals surface area contributed by atoms with Gasteiger partial charge in [-0.25, -0.2) is 9.59 Å². The van der Waals surface area contributed by atoms with Crippen molar-refractivity contribution in [2.75, 3.05) is 13.2 Å². The molecule has 1 aromatic rings. The van der Waals surface area contributed by atoms with Gasteiger partial charge in [0, 0.05) is 13.2 Å². The zero-order valence-corrected chi connectivity index (χ0v) is 11.0. The lowest BCUT2D eigenvalue weighted by molar-refractivity contribution is -0.139. The van der Waals surface area contributed by atoms with Crippen LogP contribution in [0.2, 0.25) is 0 Å². The minimum Gasteiger partial charge on any atom is -0.479 e. The Hall–Kier alpha value is -2.08. The van der Waals surface area contributed by atoms with E-state index in [2.05, 4.69) is 10.6 Å². The Bertz CT molecular complexity index is 458. The van der Waals surface area contributed by atoms with Crippen LogP contribution in [0.4, 0.5) is 4.79 Å². The Morgan fingerprint density at radius 2 is 2.10 bits per heavy atom. The van der Waals surface area contributed by atoms with Crippen molar-refractivity contribution < 1.29 is 19.4 Å². The van der Waals surface area contributed by atoms with Crippen LogP contribution in [-0.2, 0) is 9.53 Å². The number of aliphatic carboxylic acids is 1. The van der Waals surface area contributed by atoms with Gasteiger partial charge < -0.3 is 20.5 Å². The van der Waals surface area contributed by atoms with E-state index < -0.39 is 18.0 Å². The van der Waals surface area contributed by atoms with Crippen LogP contribution >= 0.6 is 0 Å². The predicted molar refractivity (Wildman–Crippen MR) is 72.3 cm³/mol. The second-order valence-electron chi connectivity index (χ2n) is 4.67. The fourth-order valence-electron chi connectivity index (χ4n) is 2.13. The summed E-state index contributed by atoms with van der Waals surface area (Å²) in [4.78, 5) is 23.0. The highest BCUT2D eigenvalue weighted by Crippen LogP contribution is 2.13. The number of benzene rings is 1. The van der Waals surface area contributed by atoms with Crippen LogP contribution in [0.1, 0.15) is 24.4 Å². The molecule has 108 valence electrons. The summed E-state index contributed by atoms with van der Waals surface area (Å²) < 4.78 is 5.38. The van der Waals surface area contributed by atoms with Gasteiger partial charge in [-0.05, 0) is 18.4 Å².